The summed E-state index contributed by atoms with van der Waals surface area (Å²) in [5, 5.41) is 38.9. The molecule has 13 heteroatoms. The van der Waals surface area contributed by atoms with Crippen molar-refractivity contribution in [3.63, 3.8) is 0 Å². The van der Waals surface area contributed by atoms with E-state index in [4.69, 9.17) is 49.0 Å². The molecule has 0 heterocycles. The summed E-state index contributed by atoms with van der Waals surface area (Å²) in [5.41, 5.74) is 6.54. The normalized spacial score (nSPS) is 13.3. The van der Waals surface area contributed by atoms with Gasteiger partial charge in [0, 0.05) is 6.04 Å². The quantitative estimate of drug-likeness (QED) is 0.232. The van der Waals surface area contributed by atoms with E-state index in [2.05, 4.69) is 5.32 Å². The van der Waals surface area contributed by atoms with Gasteiger partial charge in [0.2, 0.25) is 0 Å². The highest BCUT2D eigenvalue weighted by atomic mass is 35.5. The van der Waals surface area contributed by atoms with Gasteiger partial charge in [-0.3, -0.25) is 0 Å². The van der Waals surface area contributed by atoms with Gasteiger partial charge in [0.15, 0.2) is 12.2 Å². The van der Waals surface area contributed by atoms with E-state index in [1.54, 1.807) is 45.0 Å². The Bertz CT molecular complexity index is 963. The molecule has 0 aliphatic carbocycles. The number of ether oxygens (including phenoxy) is 1. The number of aliphatic carboxylic acids is 2. The second kappa shape index (κ2) is 20.3. The zero-order chi connectivity index (χ0) is 29.3. The monoisotopic (exact) mass is 610 g/mol. The molecule has 0 unspecified atom stereocenters. The van der Waals surface area contributed by atoms with E-state index in [0.717, 1.165) is 11.1 Å². The highest BCUT2D eigenvalue weighted by Crippen LogP contribution is 2.10. The number of hydrogen-bond donors (Lipinski definition) is 6. The van der Waals surface area contributed by atoms with Gasteiger partial charge in [0.05, 0.1) is 11.4 Å². The number of nitrogens with two attached hydrogens (primary N) is 1. The van der Waals surface area contributed by atoms with Crippen LogP contribution in [0.4, 0.5) is 4.79 Å². The van der Waals surface area contributed by atoms with Crippen LogP contribution in [0, 0.1) is 0 Å². The summed E-state index contributed by atoms with van der Waals surface area (Å²) in [7, 11) is 0. The summed E-state index contributed by atoms with van der Waals surface area (Å²) in [6.07, 6.45) is -3.43. The van der Waals surface area contributed by atoms with E-state index in [9.17, 15) is 19.5 Å². The average Bonchev–Trinajstić information content (AvgIpc) is 2.83. The van der Waals surface area contributed by atoms with Crippen LogP contribution in [0.1, 0.15) is 31.9 Å². The Balaban J connectivity index is 0. The van der Waals surface area contributed by atoms with E-state index < -0.39 is 47.9 Å². The second-order valence-corrected chi connectivity index (χ2v) is 9.77. The lowest BCUT2D eigenvalue weighted by molar-refractivity contribution is -0.148. The number of aliphatic hydroxyl groups excluding tert-OH is 2. The minimum absolute atomic E-state index is 0. The number of amides is 1. The number of carbonyl (C=O) groups excluding carboxylic acids is 1. The molecule has 2 aromatic carbocycles. The molecular formula is C26H37Cl3N2O8. The maximum absolute atomic E-state index is 11.7. The van der Waals surface area contributed by atoms with Gasteiger partial charge in [-0.2, -0.15) is 0 Å². The Morgan fingerprint density at radius 1 is 0.846 bits per heavy atom. The second-order valence-electron chi connectivity index (χ2n) is 8.96. The summed E-state index contributed by atoms with van der Waals surface area (Å²) < 4.78 is 5.08. The molecule has 4 atom stereocenters. The maximum atomic E-state index is 11.7. The fraction of sp³-hybridized carbons (Fsp3) is 0.423. The third kappa shape index (κ3) is 18.3. The van der Waals surface area contributed by atoms with Crippen molar-refractivity contribution >= 4 is 53.6 Å². The zero-order valence-corrected chi connectivity index (χ0v) is 24.2. The highest BCUT2D eigenvalue weighted by molar-refractivity contribution is 6.40. The minimum atomic E-state index is -1.71. The van der Waals surface area contributed by atoms with Gasteiger partial charge >= 0.3 is 18.0 Å². The molecule has 0 radical (unpaired) electrons. The molecule has 220 valence electrons. The summed E-state index contributed by atoms with van der Waals surface area (Å²) in [4.78, 5) is 33.1. The van der Waals surface area contributed by atoms with Crippen LogP contribution in [0.2, 0.25) is 0 Å². The number of alkyl carbamates (subject to hydrolysis) is 1. The van der Waals surface area contributed by atoms with E-state index in [1.165, 1.54) is 0 Å². The number of aliphatic hydroxyl groups is 2. The summed E-state index contributed by atoms with van der Waals surface area (Å²) in [5.74, 6) is -2.68. The first kappa shape index (κ1) is 38.5. The number of hydrogen-bond acceptors (Lipinski definition) is 7. The lowest BCUT2D eigenvalue weighted by Gasteiger charge is -2.25. The van der Waals surface area contributed by atoms with Crippen LogP contribution in [0.25, 0.3) is 0 Å². The largest absolute Gasteiger partial charge is 0.479 e. The van der Waals surface area contributed by atoms with Crippen molar-refractivity contribution in [1.29, 1.82) is 0 Å². The fourth-order valence-electron chi connectivity index (χ4n) is 2.92. The highest BCUT2D eigenvalue weighted by Gasteiger charge is 2.29. The van der Waals surface area contributed by atoms with Gasteiger partial charge in [0.25, 0.3) is 0 Å². The van der Waals surface area contributed by atoms with Crippen molar-refractivity contribution in [2.24, 2.45) is 5.73 Å². The van der Waals surface area contributed by atoms with E-state index >= 15 is 0 Å². The molecule has 0 aliphatic heterocycles. The first-order chi connectivity index (χ1) is 17.7. The number of carboxylic acid groups (broad SMARTS) is 2. The first-order valence-corrected chi connectivity index (χ1v) is 12.5. The lowest BCUT2D eigenvalue weighted by atomic mass is 10.0. The van der Waals surface area contributed by atoms with Crippen LogP contribution >= 0.6 is 35.6 Å². The van der Waals surface area contributed by atoms with Gasteiger partial charge in [-0.05, 0) is 44.7 Å². The van der Waals surface area contributed by atoms with Crippen LogP contribution in [0.5, 0.6) is 0 Å². The van der Waals surface area contributed by atoms with Crippen molar-refractivity contribution in [1.82, 2.24) is 5.32 Å². The Morgan fingerprint density at radius 3 is 1.59 bits per heavy atom. The van der Waals surface area contributed by atoms with Crippen molar-refractivity contribution < 1.29 is 39.5 Å². The minimum Gasteiger partial charge on any atom is -0.479 e. The molecule has 0 saturated carbocycles. The topological polar surface area (TPSA) is 179 Å². The Hall–Kier alpha value is -2.60. The van der Waals surface area contributed by atoms with Gasteiger partial charge in [-0.25, -0.2) is 14.4 Å². The molecule has 10 nitrogen and oxygen atoms in total. The molecular weight excluding hydrogens is 575 g/mol. The molecule has 0 aromatic heterocycles. The van der Waals surface area contributed by atoms with Crippen LogP contribution in [0.15, 0.2) is 60.7 Å². The van der Waals surface area contributed by atoms with Crippen molar-refractivity contribution in [3.8, 4) is 0 Å². The number of halogens is 3. The van der Waals surface area contributed by atoms with E-state index in [0.29, 0.717) is 6.42 Å². The first-order valence-electron chi connectivity index (χ1n) is 11.5. The molecule has 0 spiro atoms. The molecule has 39 heavy (non-hydrogen) atoms. The SMILES string of the molecule is CC(C)(C)OC(=O)N[C@@H](Cc1ccccc1)[C@H](O)C(=O)O.Cl.ClCCl.N[C@@H](Cc1ccccc1)[C@H](O)C(=O)O. The maximum Gasteiger partial charge on any atom is 0.407 e. The van der Waals surface area contributed by atoms with Crippen molar-refractivity contribution in [3.05, 3.63) is 71.8 Å². The number of alkyl halides is 2. The smallest absolute Gasteiger partial charge is 0.407 e. The molecule has 0 saturated heterocycles. The Morgan fingerprint density at radius 2 is 1.23 bits per heavy atom. The Kier molecular flexibility index (Phi) is 20.1. The number of benzene rings is 2. The predicted molar refractivity (Wildman–Crippen MR) is 153 cm³/mol. The summed E-state index contributed by atoms with van der Waals surface area (Å²) in [6, 6.07) is 16.5. The molecule has 1 amide bonds. The van der Waals surface area contributed by atoms with Crippen molar-refractivity contribution in [2.45, 2.75) is 63.5 Å². The standard InChI is InChI=1S/C15H21NO5.C10H13NO3.CH2Cl2.ClH/c1-15(2,3)21-14(20)16-11(12(17)13(18)19)9-10-7-5-4-6-8-10;11-8(9(12)10(13)14)6-7-4-2-1-3-5-7;2-1-3;/h4-8,11-12,17H,9H2,1-3H3,(H,16,20)(H,18,19);1-5,8-9,12H,6,11H2,(H,13,14);1H2;1H/t11-,12-;8-,9-;;/m00../s1. The van der Waals surface area contributed by atoms with Crippen LogP contribution in [-0.2, 0) is 27.2 Å². The van der Waals surface area contributed by atoms with Crippen LogP contribution in [-0.4, -0.2) is 73.7 Å². The van der Waals surface area contributed by atoms with Crippen LogP contribution < -0.4 is 11.1 Å². The van der Waals surface area contributed by atoms with E-state index in [1.807, 2.05) is 36.4 Å². The Labute approximate surface area is 244 Å². The van der Waals surface area contributed by atoms with Gasteiger partial charge in [-0.1, -0.05) is 60.7 Å². The van der Waals surface area contributed by atoms with Gasteiger partial charge < -0.3 is 36.2 Å². The number of rotatable bonds is 9. The van der Waals surface area contributed by atoms with Gasteiger partial charge in [0.1, 0.15) is 5.60 Å². The number of nitrogens with one attached hydrogen (secondary N) is 1. The molecule has 2 aromatic rings. The van der Waals surface area contributed by atoms with Crippen molar-refractivity contribution in [2.75, 3.05) is 5.34 Å². The summed E-state index contributed by atoms with van der Waals surface area (Å²) >= 11 is 9.53. The molecule has 7 N–H and O–H groups in total. The molecule has 0 bridgehead atoms. The fourth-order valence-corrected chi connectivity index (χ4v) is 2.92. The van der Waals surface area contributed by atoms with Crippen LogP contribution in [0.3, 0.4) is 0 Å². The molecule has 0 fully saturated rings. The number of carboxylic acids is 2. The summed E-state index contributed by atoms with van der Waals surface area (Å²) in [6.45, 7) is 5.10. The zero-order valence-electron chi connectivity index (χ0n) is 21.9. The van der Waals surface area contributed by atoms with Gasteiger partial charge in [-0.15, -0.1) is 35.6 Å². The lowest BCUT2D eigenvalue weighted by Crippen LogP contribution is -2.49. The predicted octanol–water partition coefficient (Wildman–Crippen LogP) is 3.41. The molecule has 2 rings (SSSR count). The number of carbonyl (C=O) groups is 3. The van der Waals surface area contributed by atoms with E-state index in [-0.39, 0.29) is 24.2 Å². The molecule has 0 aliphatic rings. The average molecular weight is 612 g/mol. The third-order valence-corrected chi connectivity index (χ3v) is 4.61. The third-order valence-electron chi connectivity index (χ3n) is 4.61.